The van der Waals surface area contributed by atoms with Gasteiger partial charge in [0.15, 0.2) is 6.10 Å². The van der Waals surface area contributed by atoms with Crippen LogP contribution in [0.15, 0.2) is 0 Å². The van der Waals surface area contributed by atoms with Gasteiger partial charge in [-0.3, -0.25) is 14.4 Å². The zero-order valence-electron chi connectivity index (χ0n) is 43.9. The number of carbonyl (C=O) groups excluding carboxylic acids is 3. The summed E-state index contributed by atoms with van der Waals surface area (Å²) in [7, 11) is 0. The van der Waals surface area contributed by atoms with Crippen molar-refractivity contribution in [2.45, 2.75) is 330 Å². The predicted molar refractivity (Wildman–Crippen MR) is 275 cm³/mol. The maximum absolute atomic E-state index is 12.8. The second-order valence-corrected chi connectivity index (χ2v) is 20.9. The number of carbonyl (C=O) groups is 3. The Bertz CT molecular complexity index is 978. The number of rotatable bonds is 52. The standard InChI is InChI=1S/C58H112O6/c1-6-7-8-9-10-11-12-13-14-15-18-22-25-28-35-40-45-50-58(61)64-55(52-63-57(60)49-44-39-34-30-29-32-37-42-47-54(4)5)51-62-56(59)48-43-38-33-27-24-21-19-16-17-20-23-26-31-36-41-46-53(2)3/h53-55H,6-52H2,1-5H3/t55-/m1/s1. The third-order valence-corrected chi connectivity index (χ3v) is 13.2. The highest BCUT2D eigenvalue weighted by Crippen LogP contribution is 2.18. The second kappa shape index (κ2) is 50.8. The lowest BCUT2D eigenvalue weighted by molar-refractivity contribution is -0.167. The predicted octanol–water partition coefficient (Wildman–Crippen LogP) is 18.9. The summed E-state index contributed by atoms with van der Waals surface area (Å²) in [5, 5.41) is 0. The van der Waals surface area contributed by atoms with E-state index in [1.807, 2.05) is 0 Å². The first kappa shape index (κ1) is 62.4. The average molecular weight is 906 g/mol. The van der Waals surface area contributed by atoms with Gasteiger partial charge in [-0.2, -0.15) is 0 Å². The quantitative estimate of drug-likeness (QED) is 0.0344. The van der Waals surface area contributed by atoms with E-state index < -0.39 is 6.10 Å². The zero-order chi connectivity index (χ0) is 46.8. The third kappa shape index (κ3) is 51.4. The molecular weight excluding hydrogens is 793 g/mol. The summed E-state index contributed by atoms with van der Waals surface area (Å²) in [6.07, 6.45) is 53.9. The molecule has 0 spiro atoms. The van der Waals surface area contributed by atoms with Gasteiger partial charge >= 0.3 is 17.9 Å². The number of hydrogen-bond acceptors (Lipinski definition) is 6. The highest BCUT2D eigenvalue weighted by Gasteiger charge is 2.19. The van der Waals surface area contributed by atoms with Gasteiger partial charge in [-0.1, -0.05) is 285 Å². The van der Waals surface area contributed by atoms with Crippen LogP contribution in [0.25, 0.3) is 0 Å². The van der Waals surface area contributed by atoms with Gasteiger partial charge in [-0.25, -0.2) is 0 Å². The molecule has 0 aliphatic rings. The minimum atomic E-state index is -0.763. The molecule has 0 saturated carbocycles. The fourth-order valence-electron chi connectivity index (χ4n) is 8.87. The molecule has 0 bridgehead atoms. The summed E-state index contributed by atoms with van der Waals surface area (Å²) in [4.78, 5) is 38.1. The van der Waals surface area contributed by atoms with E-state index in [1.165, 1.54) is 212 Å². The Kier molecular flexibility index (Phi) is 49.6. The van der Waals surface area contributed by atoms with Crippen molar-refractivity contribution in [1.82, 2.24) is 0 Å². The topological polar surface area (TPSA) is 78.9 Å². The Morgan fingerprint density at radius 3 is 0.766 bits per heavy atom. The fraction of sp³-hybridized carbons (Fsp3) is 0.948. The number of ether oxygens (including phenoxy) is 3. The molecule has 0 aromatic heterocycles. The van der Waals surface area contributed by atoms with Crippen LogP contribution in [-0.4, -0.2) is 37.2 Å². The highest BCUT2D eigenvalue weighted by atomic mass is 16.6. The first-order chi connectivity index (χ1) is 31.2. The number of unbranched alkanes of at least 4 members (excludes halogenated alkanes) is 37. The van der Waals surface area contributed by atoms with E-state index in [0.717, 1.165) is 69.6 Å². The van der Waals surface area contributed by atoms with Crippen LogP contribution < -0.4 is 0 Å². The highest BCUT2D eigenvalue weighted by molar-refractivity contribution is 5.71. The molecule has 380 valence electrons. The molecule has 0 aromatic rings. The van der Waals surface area contributed by atoms with Crippen molar-refractivity contribution < 1.29 is 28.6 Å². The van der Waals surface area contributed by atoms with E-state index in [9.17, 15) is 14.4 Å². The Hall–Kier alpha value is -1.59. The molecule has 6 nitrogen and oxygen atoms in total. The van der Waals surface area contributed by atoms with E-state index >= 15 is 0 Å². The van der Waals surface area contributed by atoms with Crippen LogP contribution in [0, 0.1) is 11.8 Å². The minimum absolute atomic E-state index is 0.0631. The van der Waals surface area contributed by atoms with Crippen molar-refractivity contribution in [1.29, 1.82) is 0 Å². The molecule has 0 aliphatic heterocycles. The molecule has 0 fully saturated rings. The molecule has 6 heteroatoms. The molecule has 0 radical (unpaired) electrons. The lowest BCUT2D eigenvalue weighted by atomic mass is 10.0. The molecule has 0 unspecified atom stereocenters. The van der Waals surface area contributed by atoms with Crippen LogP contribution in [0.5, 0.6) is 0 Å². The van der Waals surface area contributed by atoms with Gasteiger partial charge in [0.05, 0.1) is 0 Å². The molecule has 0 aliphatic carbocycles. The maximum atomic E-state index is 12.8. The summed E-state index contributed by atoms with van der Waals surface area (Å²) in [5.41, 5.74) is 0. The van der Waals surface area contributed by atoms with Crippen LogP contribution in [0.4, 0.5) is 0 Å². The maximum Gasteiger partial charge on any atom is 0.306 e. The summed E-state index contributed by atoms with van der Waals surface area (Å²) in [5.74, 6) is 0.804. The van der Waals surface area contributed by atoms with Gasteiger partial charge in [-0.15, -0.1) is 0 Å². The molecule has 0 N–H and O–H groups in total. The first-order valence-corrected chi connectivity index (χ1v) is 28.7. The van der Waals surface area contributed by atoms with Gasteiger partial charge < -0.3 is 14.2 Å². The van der Waals surface area contributed by atoms with E-state index in [4.69, 9.17) is 14.2 Å². The van der Waals surface area contributed by atoms with Gasteiger partial charge in [0.25, 0.3) is 0 Å². The van der Waals surface area contributed by atoms with Crippen molar-refractivity contribution in [2.24, 2.45) is 11.8 Å². The van der Waals surface area contributed by atoms with Gasteiger partial charge in [-0.05, 0) is 31.1 Å². The molecule has 0 rings (SSSR count). The summed E-state index contributed by atoms with van der Waals surface area (Å²) in [6, 6.07) is 0. The number of hydrogen-bond donors (Lipinski definition) is 0. The Morgan fingerprint density at radius 2 is 0.516 bits per heavy atom. The average Bonchev–Trinajstić information content (AvgIpc) is 3.27. The molecule has 0 aromatic carbocycles. The summed E-state index contributed by atoms with van der Waals surface area (Å²) >= 11 is 0. The van der Waals surface area contributed by atoms with Crippen molar-refractivity contribution in [2.75, 3.05) is 13.2 Å². The normalized spacial score (nSPS) is 12.0. The van der Waals surface area contributed by atoms with Gasteiger partial charge in [0.2, 0.25) is 0 Å². The lowest BCUT2D eigenvalue weighted by Gasteiger charge is -2.18. The molecular formula is C58H112O6. The van der Waals surface area contributed by atoms with Crippen molar-refractivity contribution in [3.8, 4) is 0 Å². The fourth-order valence-corrected chi connectivity index (χ4v) is 8.87. The van der Waals surface area contributed by atoms with Crippen molar-refractivity contribution in [3.05, 3.63) is 0 Å². The van der Waals surface area contributed by atoms with Crippen LogP contribution in [0.1, 0.15) is 324 Å². The summed E-state index contributed by atoms with van der Waals surface area (Å²) < 4.78 is 16.9. The Morgan fingerprint density at radius 1 is 0.297 bits per heavy atom. The van der Waals surface area contributed by atoms with Crippen LogP contribution in [0.3, 0.4) is 0 Å². The third-order valence-electron chi connectivity index (χ3n) is 13.2. The van der Waals surface area contributed by atoms with Crippen molar-refractivity contribution in [3.63, 3.8) is 0 Å². The Labute approximate surface area is 399 Å². The monoisotopic (exact) mass is 905 g/mol. The molecule has 0 heterocycles. The van der Waals surface area contributed by atoms with Gasteiger partial charge in [0.1, 0.15) is 13.2 Å². The van der Waals surface area contributed by atoms with Gasteiger partial charge in [0, 0.05) is 19.3 Å². The zero-order valence-corrected chi connectivity index (χ0v) is 43.9. The van der Waals surface area contributed by atoms with Crippen molar-refractivity contribution >= 4 is 17.9 Å². The summed E-state index contributed by atoms with van der Waals surface area (Å²) in [6.45, 7) is 11.4. The molecule has 0 saturated heterocycles. The van der Waals surface area contributed by atoms with E-state index in [2.05, 4.69) is 34.6 Å². The van der Waals surface area contributed by atoms with Crippen LogP contribution in [0.2, 0.25) is 0 Å². The van der Waals surface area contributed by atoms with E-state index in [1.54, 1.807) is 0 Å². The SMILES string of the molecule is CCCCCCCCCCCCCCCCCCCC(=O)O[C@H](COC(=O)CCCCCCCCCCCCCCCCCC(C)C)COC(=O)CCCCCCCCCCC(C)C. The molecule has 0 amide bonds. The lowest BCUT2D eigenvalue weighted by Crippen LogP contribution is -2.30. The van der Waals surface area contributed by atoms with Crippen LogP contribution >= 0.6 is 0 Å². The largest absolute Gasteiger partial charge is 0.462 e. The minimum Gasteiger partial charge on any atom is -0.462 e. The second-order valence-electron chi connectivity index (χ2n) is 20.9. The smallest absolute Gasteiger partial charge is 0.306 e. The Balaban J connectivity index is 4.26. The molecule has 1 atom stereocenters. The van der Waals surface area contributed by atoms with E-state index in [0.29, 0.717) is 19.3 Å². The van der Waals surface area contributed by atoms with E-state index in [-0.39, 0.29) is 31.1 Å². The molecule has 64 heavy (non-hydrogen) atoms. The number of esters is 3. The van der Waals surface area contributed by atoms with Crippen LogP contribution in [-0.2, 0) is 28.6 Å². The first-order valence-electron chi connectivity index (χ1n) is 28.7.